The Morgan fingerprint density at radius 2 is 2.04 bits per heavy atom. The molecule has 0 radical (unpaired) electrons. The van der Waals surface area contributed by atoms with Gasteiger partial charge < -0.3 is 9.67 Å². The SMILES string of the molecule is CCc1cn(Cc2ccc(C)cc2)cc1C(=O)C=C(O)c1nn[nH]n1. The molecule has 0 amide bonds. The zero-order valence-corrected chi connectivity index (χ0v) is 14.1. The van der Waals surface area contributed by atoms with Crippen LogP contribution >= 0.6 is 0 Å². The van der Waals surface area contributed by atoms with Crippen LogP contribution in [-0.2, 0) is 13.0 Å². The van der Waals surface area contributed by atoms with E-state index in [9.17, 15) is 9.90 Å². The predicted octanol–water partition coefficient (Wildman–Crippen LogP) is 2.70. The van der Waals surface area contributed by atoms with Crippen molar-refractivity contribution in [2.75, 3.05) is 0 Å². The van der Waals surface area contributed by atoms with Crippen molar-refractivity contribution in [2.45, 2.75) is 26.8 Å². The number of ketones is 1. The Bertz CT molecular complexity index is 892. The maximum atomic E-state index is 12.5. The Balaban J connectivity index is 1.83. The number of nitrogens with one attached hydrogen (secondary N) is 1. The van der Waals surface area contributed by atoms with Crippen molar-refractivity contribution in [2.24, 2.45) is 0 Å². The molecule has 0 unspecified atom stereocenters. The summed E-state index contributed by atoms with van der Waals surface area (Å²) >= 11 is 0. The second kappa shape index (κ2) is 7.12. The van der Waals surface area contributed by atoms with E-state index in [4.69, 9.17) is 0 Å². The van der Waals surface area contributed by atoms with Crippen LogP contribution in [0.4, 0.5) is 0 Å². The molecule has 2 N–H and O–H groups in total. The molecule has 7 heteroatoms. The van der Waals surface area contributed by atoms with Gasteiger partial charge in [-0.1, -0.05) is 36.8 Å². The lowest BCUT2D eigenvalue weighted by atomic mass is 10.1. The molecule has 0 atom stereocenters. The molecular formula is C18H19N5O2. The van der Waals surface area contributed by atoms with E-state index in [1.165, 1.54) is 5.56 Å². The number of hydrogen-bond donors (Lipinski definition) is 2. The van der Waals surface area contributed by atoms with Gasteiger partial charge in [0.25, 0.3) is 0 Å². The minimum Gasteiger partial charge on any atom is -0.504 e. The largest absolute Gasteiger partial charge is 0.504 e. The molecule has 3 rings (SSSR count). The third-order valence-corrected chi connectivity index (χ3v) is 3.94. The number of aryl methyl sites for hydroxylation is 2. The van der Waals surface area contributed by atoms with Crippen molar-refractivity contribution in [3.8, 4) is 0 Å². The minimum atomic E-state index is -0.313. The summed E-state index contributed by atoms with van der Waals surface area (Å²) in [7, 11) is 0. The van der Waals surface area contributed by atoms with Gasteiger partial charge in [-0.2, -0.15) is 5.21 Å². The van der Waals surface area contributed by atoms with Crippen LogP contribution < -0.4 is 0 Å². The normalized spacial score (nSPS) is 11.7. The molecule has 7 nitrogen and oxygen atoms in total. The Hall–Kier alpha value is -3.22. The first-order chi connectivity index (χ1) is 12.1. The molecule has 0 bridgehead atoms. The number of aliphatic hydroxyl groups excluding tert-OH is 1. The van der Waals surface area contributed by atoms with E-state index < -0.39 is 0 Å². The van der Waals surface area contributed by atoms with E-state index in [0.717, 1.165) is 23.6 Å². The number of carbonyl (C=O) groups excluding carboxylic acids is 1. The number of benzene rings is 1. The van der Waals surface area contributed by atoms with E-state index in [1.807, 2.05) is 24.6 Å². The number of hydrogen-bond acceptors (Lipinski definition) is 5. The van der Waals surface area contributed by atoms with E-state index in [-0.39, 0.29) is 17.4 Å². The number of aliphatic hydroxyl groups is 1. The first-order valence-electron chi connectivity index (χ1n) is 8.00. The van der Waals surface area contributed by atoms with Gasteiger partial charge in [0.1, 0.15) is 0 Å². The number of aromatic amines is 1. The van der Waals surface area contributed by atoms with Crippen molar-refractivity contribution in [3.63, 3.8) is 0 Å². The summed E-state index contributed by atoms with van der Waals surface area (Å²) in [6.07, 6.45) is 5.61. The van der Waals surface area contributed by atoms with Gasteiger partial charge in [-0.15, -0.1) is 10.2 Å². The van der Waals surface area contributed by atoms with Gasteiger partial charge in [0.2, 0.25) is 5.82 Å². The van der Waals surface area contributed by atoms with Crippen LogP contribution in [0.5, 0.6) is 0 Å². The topological polar surface area (TPSA) is 96.7 Å². The average molecular weight is 337 g/mol. The van der Waals surface area contributed by atoms with Crippen LogP contribution in [0, 0.1) is 6.92 Å². The maximum Gasteiger partial charge on any atom is 0.239 e. The van der Waals surface area contributed by atoms with Crippen LogP contribution in [0.25, 0.3) is 5.76 Å². The number of carbonyl (C=O) groups is 1. The summed E-state index contributed by atoms with van der Waals surface area (Å²) in [6.45, 7) is 4.72. The van der Waals surface area contributed by atoms with E-state index >= 15 is 0 Å². The second-order valence-corrected chi connectivity index (χ2v) is 5.84. The number of H-pyrrole nitrogens is 1. The van der Waals surface area contributed by atoms with Crippen molar-refractivity contribution in [1.82, 2.24) is 25.2 Å². The Kier molecular flexibility index (Phi) is 4.74. The van der Waals surface area contributed by atoms with Crippen molar-refractivity contribution < 1.29 is 9.90 Å². The fourth-order valence-corrected chi connectivity index (χ4v) is 2.59. The van der Waals surface area contributed by atoms with Gasteiger partial charge in [-0.3, -0.25) is 4.79 Å². The molecule has 0 fully saturated rings. The fourth-order valence-electron chi connectivity index (χ4n) is 2.59. The summed E-state index contributed by atoms with van der Waals surface area (Å²) in [6, 6.07) is 8.28. The van der Waals surface area contributed by atoms with Gasteiger partial charge in [0.05, 0.1) is 0 Å². The third-order valence-electron chi connectivity index (χ3n) is 3.94. The quantitative estimate of drug-likeness (QED) is 0.409. The summed E-state index contributed by atoms with van der Waals surface area (Å²) in [4.78, 5) is 12.5. The number of rotatable bonds is 6. The van der Waals surface area contributed by atoms with Gasteiger partial charge in [-0.05, 0) is 29.7 Å². The Morgan fingerprint density at radius 3 is 2.68 bits per heavy atom. The smallest absolute Gasteiger partial charge is 0.239 e. The highest BCUT2D eigenvalue weighted by Crippen LogP contribution is 2.17. The predicted molar refractivity (Wildman–Crippen MR) is 93.2 cm³/mol. The maximum absolute atomic E-state index is 12.5. The van der Waals surface area contributed by atoms with Gasteiger partial charge in [0.15, 0.2) is 11.5 Å². The monoisotopic (exact) mass is 337 g/mol. The molecule has 128 valence electrons. The first-order valence-corrected chi connectivity index (χ1v) is 8.00. The lowest BCUT2D eigenvalue weighted by Crippen LogP contribution is -2.00. The number of aromatic nitrogens is 5. The van der Waals surface area contributed by atoms with Crippen LogP contribution in [0.3, 0.4) is 0 Å². The molecule has 0 spiro atoms. The lowest BCUT2D eigenvalue weighted by molar-refractivity contribution is 0.104. The third kappa shape index (κ3) is 3.82. The van der Waals surface area contributed by atoms with Crippen molar-refractivity contribution in [1.29, 1.82) is 0 Å². The first kappa shape index (κ1) is 16.6. The molecule has 0 saturated heterocycles. The van der Waals surface area contributed by atoms with Gasteiger partial charge >= 0.3 is 0 Å². The zero-order chi connectivity index (χ0) is 17.8. The second-order valence-electron chi connectivity index (χ2n) is 5.84. The van der Waals surface area contributed by atoms with E-state index in [1.54, 1.807) is 6.20 Å². The molecule has 25 heavy (non-hydrogen) atoms. The minimum absolute atomic E-state index is 0.00881. The van der Waals surface area contributed by atoms with Crippen molar-refractivity contribution in [3.05, 3.63) is 70.8 Å². The molecule has 3 aromatic rings. The Morgan fingerprint density at radius 1 is 1.28 bits per heavy atom. The molecule has 2 aromatic heterocycles. The van der Waals surface area contributed by atoms with Gasteiger partial charge in [0, 0.05) is 30.6 Å². The molecule has 0 aliphatic rings. The van der Waals surface area contributed by atoms with E-state index in [0.29, 0.717) is 12.1 Å². The van der Waals surface area contributed by atoms with Crippen LogP contribution in [-0.4, -0.2) is 36.1 Å². The van der Waals surface area contributed by atoms with Gasteiger partial charge in [-0.25, -0.2) is 0 Å². The molecule has 1 aromatic carbocycles. The summed E-state index contributed by atoms with van der Waals surface area (Å²) < 4.78 is 1.98. The molecule has 0 saturated carbocycles. The molecule has 0 aliphatic heterocycles. The highest BCUT2D eigenvalue weighted by molar-refractivity contribution is 6.08. The Labute approximate surface area is 145 Å². The van der Waals surface area contributed by atoms with Crippen LogP contribution in [0.15, 0.2) is 42.7 Å². The summed E-state index contributed by atoms with van der Waals surface area (Å²) in [5.41, 5.74) is 3.86. The van der Waals surface area contributed by atoms with Crippen LogP contribution in [0.2, 0.25) is 0 Å². The fraction of sp³-hybridized carbons (Fsp3) is 0.222. The van der Waals surface area contributed by atoms with Crippen LogP contribution in [0.1, 0.15) is 39.8 Å². The highest BCUT2D eigenvalue weighted by Gasteiger charge is 2.15. The number of nitrogens with zero attached hydrogens (tertiary/aromatic N) is 4. The molecule has 0 aliphatic carbocycles. The van der Waals surface area contributed by atoms with Crippen molar-refractivity contribution >= 4 is 11.5 Å². The standard InChI is InChI=1S/C18H19N5O2/c1-3-14-10-23(9-13-6-4-12(2)5-7-13)11-15(14)16(24)8-17(25)18-19-21-22-20-18/h4-8,10-11,25H,3,9H2,1-2H3,(H,19,20,21,22). The summed E-state index contributed by atoms with van der Waals surface area (Å²) in [5.74, 6) is -0.612. The number of tetrazole rings is 1. The summed E-state index contributed by atoms with van der Waals surface area (Å²) in [5, 5.41) is 22.8. The molecule has 2 heterocycles. The molecular weight excluding hydrogens is 318 g/mol. The van der Waals surface area contributed by atoms with E-state index in [2.05, 4.69) is 44.9 Å². The average Bonchev–Trinajstić information content (AvgIpc) is 3.26. The lowest BCUT2D eigenvalue weighted by Gasteiger charge is -2.03. The highest BCUT2D eigenvalue weighted by atomic mass is 16.3. The number of allylic oxidation sites excluding steroid dienone is 1. The zero-order valence-electron chi connectivity index (χ0n) is 14.1.